The number of piperidine rings is 1. The predicted octanol–water partition coefficient (Wildman–Crippen LogP) is 3.30. The van der Waals surface area contributed by atoms with Gasteiger partial charge in [0.25, 0.3) is 0 Å². The van der Waals surface area contributed by atoms with Gasteiger partial charge in [-0.25, -0.2) is 0 Å². The van der Waals surface area contributed by atoms with Crippen LogP contribution in [0.1, 0.15) is 18.9 Å². The Morgan fingerprint density at radius 3 is 2.65 bits per heavy atom. The van der Waals surface area contributed by atoms with Crippen molar-refractivity contribution < 1.29 is 4.74 Å². The van der Waals surface area contributed by atoms with E-state index in [-0.39, 0.29) is 0 Å². The van der Waals surface area contributed by atoms with Gasteiger partial charge in [-0.1, -0.05) is 35.0 Å². The summed E-state index contributed by atoms with van der Waals surface area (Å²) in [7, 11) is 1.70. The highest BCUT2D eigenvalue weighted by molar-refractivity contribution is 9.09. The van der Waals surface area contributed by atoms with Gasteiger partial charge in [-0.15, -0.1) is 0 Å². The Hall–Kier alpha value is -0.540. The number of halogens is 1. The number of ether oxygens (including phenoxy) is 1. The lowest BCUT2D eigenvalue weighted by atomic mass is 9.98. The number of methoxy groups -OCH3 is 1. The molecule has 0 radical (unpaired) electrons. The molecule has 0 aliphatic carbocycles. The molecule has 1 aromatic rings. The number of likely N-dealkylation sites (tertiary alicyclic amines) is 1. The van der Waals surface area contributed by atoms with Gasteiger partial charge < -0.3 is 4.74 Å². The first-order chi connectivity index (χ1) is 8.19. The molecule has 2 unspecified atom stereocenters. The molecule has 0 aromatic heterocycles. The summed E-state index contributed by atoms with van der Waals surface area (Å²) in [4.78, 5) is 3.15. The van der Waals surface area contributed by atoms with Crippen LogP contribution in [0.4, 0.5) is 0 Å². The molecular formula is C14H20BrNO. The topological polar surface area (TPSA) is 12.5 Å². The fourth-order valence-electron chi connectivity index (χ4n) is 2.22. The molecule has 1 saturated heterocycles. The summed E-state index contributed by atoms with van der Waals surface area (Å²) in [5, 5.41) is 0. The summed E-state index contributed by atoms with van der Waals surface area (Å²) < 4.78 is 5.17. The Morgan fingerprint density at radius 1 is 1.35 bits per heavy atom. The second-order valence-corrected chi connectivity index (χ2v) is 6.04. The number of alkyl halides is 1. The molecule has 1 aromatic carbocycles. The maximum Gasteiger partial charge on any atom is 0.118 e. The van der Waals surface area contributed by atoms with Gasteiger partial charge in [0.1, 0.15) is 5.75 Å². The van der Waals surface area contributed by atoms with Crippen LogP contribution < -0.4 is 4.74 Å². The molecule has 17 heavy (non-hydrogen) atoms. The smallest absolute Gasteiger partial charge is 0.118 e. The van der Waals surface area contributed by atoms with E-state index in [1.54, 1.807) is 7.11 Å². The molecule has 1 fully saturated rings. The minimum atomic E-state index is 0.634. The van der Waals surface area contributed by atoms with Crippen molar-refractivity contribution in [3.63, 3.8) is 0 Å². The van der Waals surface area contributed by atoms with Gasteiger partial charge in [0.05, 0.1) is 7.11 Å². The molecule has 1 heterocycles. The van der Waals surface area contributed by atoms with E-state index in [4.69, 9.17) is 4.74 Å². The summed E-state index contributed by atoms with van der Waals surface area (Å²) in [5.41, 5.74) is 1.36. The molecule has 0 saturated carbocycles. The fourth-order valence-corrected chi connectivity index (χ4v) is 2.89. The Bertz CT molecular complexity index is 352. The summed E-state index contributed by atoms with van der Waals surface area (Å²) >= 11 is 3.77. The Morgan fingerprint density at radius 2 is 2.06 bits per heavy atom. The zero-order chi connectivity index (χ0) is 12.3. The van der Waals surface area contributed by atoms with Crippen molar-refractivity contribution in [3.8, 4) is 5.75 Å². The third-order valence-corrected chi connectivity index (χ3v) is 4.71. The van der Waals surface area contributed by atoms with E-state index in [0.717, 1.165) is 24.8 Å². The number of hydrogen-bond donors (Lipinski definition) is 0. The molecule has 1 aliphatic rings. The largest absolute Gasteiger partial charge is 0.497 e. The van der Waals surface area contributed by atoms with E-state index in [0.29, 0.717) is 4.83 Å². The maximum absolute atomic E-state index is 5.17. The second kappa shape index (κ2) is 5.87. The number of rotatable bonds is 3. The van der Waals surface area contributed by atoms with Crippen molar-refractivity contribution in [2.24, 2.45) is 5.92 Å². The van der Waals surface area contributed by atoms with Gasteiger partial charge in [-0.3, -0.25) is 4.90 Å². The van der Waals surface area contributed by atoms with Crippen LogP contribution in [-0.2, 0) is 6.54 Å². The van der Waals surface area contributed by atoms with Gasteiger partial charge in [0.2, 0.25) is 0 Å². The van der Waals surface area contributed by atoms with Gasteiger partial charge in [-0.05, 0) is 36.6 Å². The van der Waals surface area contributed by atoms with Crippen LogP contribution in [-0.4, -0.2) is 29.9 Å². The van der Waals surface area contributed by atoms with Gasteiger partial charge in [0.15, 0.2) is 0 Å². The molecular weight excluding hydrogens is 278 g/mol. The third kappa shape index (κ3) is 3.46. The Kier molecular flexibility index (Phi) is 4.46. The van der Waals surface area contributed by atoms with Crippen molar-refractivity contribution in [1.29, 1.82) is 0 Å². The second-order valence-electron chi connectivity index (χ2n) is 4.87. The monoisotopic (exact) mass is 297 g/mol. The van der Waals surface area contributed by atoms with Crippen molar-refractivity contribution in [2.75, 3.05) is 20.2 Å². The summed E-state index contributed by atoms with van der Waals surface area (Å²) in [5.74, 6) is 1.72. The quantitative estimate of drug-likeness (QED) is 0.794. The minimum Gasteiger partial charge on any atom is -0.497 e. The number of nitrogens with zero attached hydrogens (tertiary/aromatic N) is 1. The van der Waals surface area contributed by atoms with Crippen molar-refractivity contribution in [3.05, 3.63) is 29.8 Å². The Labute approximate surface area is 112 Å². The van der Waals surface area contributed by atoms with Crippen LogP contribution in [0.2, 0.25) is 0 Å². The van der Waals surface area contributed by atoms with Crippen molar-refractivity contribution in [1.82, 2.24) is 4.90 Å². The molecule has 94 valence electrons. The normalized spacial score (nSPS) is 25.8. The highest BCUT2D eigenvalue weighted by atomic mass is 79.9. The summed E-state index contributed by atoms with van der Waals surface area (Å²) in [6.07, 6.45) is 1.28. The fraction of sp³-hybridized carbons (Fsp3) is 0.571. The van der Waals surface area contributed by atoms with E-state index in [2.05, 4.69) is 39.9 Å². The van der Waals surface area contributed by atoms with Crippen LogP contribution in [0.5, 0.6) is 5.75 Å². The van der Waals surface area contributed by atoms with E-state index >= 15 is 0 Å². The Balaban J connectivity index is 1.92. The molecule has 2 nitrogen and oxygen atoms in total. The molecule has 0 spiro atoms. The first kappa shape index (κ1) is 12.9. The van der Waals surface area contributed by atoms with Crippen LogP contribution in [0, 0.1) is 5.92 Å². The zero-order valence-electron chi connectivity index (χ0n) is 10.5. The third-order valence-electron chi connectivity index (χ3n) is 3.52. The van der Waals surface area contributed by atoms with E-state index < -0.39 is 0 Å². The van der Waals surface area contributed by atoms with E-state index in [1.165, 1.54) is 18.5 Å². The molecule has 1 aliphatic heterocycles. The van der Waals surface area contributed by atoms with E-state index in [9.17, 15) is 0 Å². The van der Waals surface area contributed by atoms with Crippen molar-refractivity contribution >= 4 is 15.9 Å². The standard InChI is InChI=1S/C14H20BrNO/c1-11-7-8-16(10-14(11)15)9-12-3-5-13(17-2)6-4-12/h3-6,11,14H,7-10H2,1-2H3. The number of benzene rings is 1. The van der Waals surface area contributed by atoms with Crippen LogP contribution >= 0.6 is 15.9 Å². The van der Waals surface area contributed by atoms with Gasteiger partial charge >= 0.3 is 0 Å². The lowest BCUT2D eigenvalue weighted by molar-refractivity contribution is 0.194. The zero-order valence-corrected chi connectivity index (χ0v) is 12.1. The number of hydrogen-bond acceptors (Lipinski definition) is 2. The van der Waals surface area contributed by atoms with E-state index in [1.807, 2.05) is 12.1 Å². The van der Waals surface area contributed by atoms with Crippen LogP contribution in [0.25, 0.3) is 0 Å². The summed E-state index contributed by atoms with van der Waals surface area (Å²) in [6.45, 7) is 5.71. The highest BCUT2D eigenvalue weighted by Gasteiger charge is 2.23. The SMILES string of the molecule is COc1ccc(CN2CCC(C)C(Br)C2)cc1. The maximum atomic E-state index is 5.17. The predicted molar refractivity (Wildman–Crippen MR) is 74.8 cm³/mol. The van der Waals surface area contributed by atoms with Crippen LogP contribution in [0.15, 0.2) is 24.3 Å². The molecule has 0 N–H and O–H groups in total. The lowest BCUT2D eigenvalue weighted by Gasteiger charge is -2.34. The average Bonchev–Trinajstić information content (AvgIpc) is 2.35. The lowest BCUT2D eigenvalue weighted by Crippen LogP contribution is -2.39. The van der Waals surface area contributed by atoms with Crippen molar-refractivity contribution in [2.45, 2.75) is 24.7 Å². The minimum absolute atomic E-state index is 0.634. The molecule has 2 atom stereocenters. The molecule has 0 bridgehead atoms. The van der Waals surface area contributed by atoms with Crippen LogP contribution in [0.3, 0.4) is 0 Å². The summed E-state index contributed by atoms with van der Waals surface area (Å²) in [6, 6.07) is 8.38. The van der Waals surface area contributed by atoms with Gasteiger partial charge in [0, 0.05) is 17.9 Å². The molecule has 2 rings (SSSR count). The first-order valence-electron chi connectivity index (χ1n) is 6.18. The first-order valence-corrected chi connectivity index (χ1v) is 7.10. The average molecular weight is 298 g/mol. The highest BCUT2D eigenvalue weighted by Crippen LogP contribution is 2.24. The molecule has 0 amide bonds. The van der Waals surface area contributed by atoms with Gasteiger partial charge in [-0.2, -0.15) is 0 Å². The molecule has 3 heteroatoms.